The molecule has 1 aliphatic rings. The molecule has 0 aromatic carbocycles. The number of ether oxygens (including phenoxy) is 2. The summed E-state index contributed by atoms with van der Waals surface area (Å²) in [4.78, 5) is 13.2. The van der Waals surface area contributed by atoms with Gasteiger partial charge in [0.15, 0.2) is 6.29 Å². The number of allylic oxidation sites excluding steroid dienone is 4. The van der Waals surface area contributed by atoms with Crippen molar-refractivity contribution >= 4 is 5.91 Å². The molecule has 1 saturated heterocycles. The fraction of sp³-hybridized carbons (Fsp3) is 0.925. The lowest BCUT2D eigenvalue weighted by molar-refractivity contribution is -0.303. The van der Waals surface area contributed by atoms with Crippen molar-refractivity contribution in [2.75, 3.05) is 13.2 Å². The first-order valence-electron chi connectivity index (χ1n) is 33.7. The lowest BCUT2D eigenvalue weighted by atomic mass is 9.98. The molecule has 8 N–H and O–H groups in total. The van der Waals surface area contributed by atoms with Crippen molar-refractivity contribution in [2.24, 2.45) is 0 Å². The second-order valence-electron chi connectivity index (χ2n) is 23.9. The number of aliphatic hydroxyl groups excluding tert-OH is 7. The zero-order valence-electron chi connectivity index (χ0n) is 50.9. The number of hydrogen-bond acceptors (Lipinski definition) is 10. The summed E-state index contributed by atoms with van der Waals surface area (Å²) in [7, 11) is 0. The number of hydrogen-bond donors (Lipinski definition) is 8. The Labute approximate surface area is 480 Å². The molecule has 1 fully saturated rings. The number of carbonyl (C=O) groups is 1. The number of unbranched alkanes of at least 4 members (excludes halogenated alkanes) is 43. The van der Waals surface area contributed by atoms with Crippen LogP contribution >= 0.6 is 0 Å². The van der Waals surface area contributed by atoms with E-state index in [4.69, 9.17) is 9.47 Å². The van der Waals surface area contributed by atoms with Crippen LogP contribution in [0, 0.1) is 0 Å². The molecule has 0 bridgehead atoms. The Balaban J connectivity index is 2.25. The van der Waals surface area contributed by atoms with Gasteiger partial charge < -0.3 is 50.5 Å². The lowest BCUT2D eigenvalue weighted by Crippen LogP contribution is -2.60. The molecule has 1 heterocycles. The monoisotopic (exact) mass is 1110 g/mol. The highest BCUT2D eigenvalue weighted by molar-refractivity contribution is 5.80. The third-order valence-corrected chi connectivity index (χ3v) is 16.5. The molecular weight excluding hydrogens is 979 g/mol. The second kappa shape index (κ2) is 56.1. The fourth-order valence-electron chi connectivity index (χ4n) is 11.1. The molecule has 462 valence electrons. The van der Waals surface area contributed by atoms with Crippen LogP contribution in [0.2, 0.25) is 0 Å². The van der Waals surface area contributed by atoms with E-state index in [2.05, 4.69) is 43.5 Å². The van der Waals surface area contributed by atoms with Gasteiger partial charge in [-0.05, 0) is 51.4 Å². The highest BCUT2D eigenvalue weighted by Crippen LogP contribution is 2.24. The SMILES string of the molecule is CCCCCCCCCCCCCCCCCCCCCC/C=C/CC/C=C/CCCC(O)C(O)C(COC1OC(CO)C(O)C(O)C1O)NC(=O)C(O)CCCCCCCCCCCCCCCCCCCCCCCC. The molecule has 9 unspecified atom stereocenters. The summed E-state index contributed by atoms with van der Waals surface area (Å²) in [5.74, 6) is -0.704. The topological polar surface area (TPSA) is 189 Å². The standard InChI is InChI=1S/C67H129NO10/c1-3-5-7-9-11-13-15-17-19-21-23-25-27-28-29-30-31-32-33-35-36-38-40-42-44-46-48-50-52-54-59(70)62(72)58(57-77-67-65(75)64(74)63(73)61(56-69)78-67)68-66(76)60(71)55-53-51-49-47-45-43-41-39-37-34-26-24-22-20-18-16-14-12-10-8-6-4-2/h38,40,46,48,58-65,67,69-75H,3-37,39,41-45,47,49-57H2,1-2H3,(H,68,76)/b40-38+,48-46+. The number of nitrogens with one attached hydrogen (secondary N) is 1. The lowest BCUT2D eigenvalue weighted by Gasteiger charge is -2.40. The van der Waals surface area contributed by atoms with E-state index in [1.54, 1.807) is 0 Å². The molecule has 0 saturated carbocycles. The van der Waals surface area contributed by atoms with Crippen LogP contribution in [-0.2, 0) is 14.3 Å². The summed E-state index contributed by atoms with van der Waals surface area (Å²) in [5, 5.41) is 76.4. The van der Waals surface area contributed by atoms with Gasteiger partial charge in [-0.1, -0.05) is 301 Å². The molecule has 78 heavy (non-hydrogen) atoms. The molecule has 1 rings (SSSR count). The maximum absolute atomic E-state index is 13.2. The second-order valence-corrected chi connectivity index (χ2v) is 23.9. The van der Waals surface area contributed by atoms with Crippen LogP contribution in [0.5, 0.6) is 0 Å². The molecule has 11 nitrogen and oxygen atoms in total. The van der Waals surface area contributed by atoms with Crippen LogP contribution < -0.4 is 5.32 Å². The average Bonchev–Trinajstić information content (AvgIpc) is 3.46. The van der Waals surface area contributed by atoms with Crippen molar-refractivity contribution in [3.05, 3.63) is 24.3 Å². The molecule has 0 radical (unpaired) electrons. The summed E-state index contributed by atoms with van der Waals surface area (Å²) in [6.45, 7) is 3.49. The quantitative estimate of drug-likeness (QED) is 0.0215. The van der Waals surface area contributed by atoms with Gasteiger partial charge in [0.05, 0.1) is 25.4 Å². The van der Waals surface area contributed by atoms with Crippen LogP contribution in [0.15, 0.2) is 24.3 Å². The van der Waals surface area contributed by atoms with Gasteiger partial charge in [0, 0.05) is 0 Å². The smallest absolute Gasteiger partial charge is 0.249 e. The third-order valence-electron chi connectivity index (χ3n) is 16.5. The summed E-state index contributed by atoms with van der Waals surface area (Å²) >= 11 is 0. The summed E-state index contributed by atoms with van der Waals surface area (Å²) in [5.41, 5.74) is 0. The van der Waals surface area contributed by atoms with Crippen LogP contribution in [0.1, 0.15) is 328 Å². The van der Waals surface area contributed by atoms with Crippen LogP contribution in [-0.4, -0.2) is 110 Å². The minimum absolute atomic E-state index is 0.249. The van der Waals surface area contributed by atoms with Crippen molar-refractivity contribution < 1.29 is 50.0 Å². The summed E-state index contributed by atoms with van der Waals surface area (Å²) < 4.78 is 11.2. The van der Waals surface area contributed by atoms with Crippen LogP contribution in [0.4, 0.5) is 0 Å². The van der Waals surface area contributed by atoms with Crippen molar-refractivity contribution in [2.45, 2.75) is 384 Å². The molecule has 0 spiro atoms. The Kier molecular flexibility index (Phi) is 53.6. The van der Waals surface area contributed by atoms with E-state index < -0.39 is 74.2 Å². The summed E-state index contributed by atoms with van der Waals surface area (Å²) in [6, 6.07) is -1.19. The minimum atomic E-state index is -1.67. The Hall–Kier alpha value is -1.41. The number of rotatable bonds is 59. The number of carbonyl (C=O) groups excluding carboxylic acids is 1. The van der Waals surface area contributed by atoms with Crippen molar-refractivity contribution in [1.29, 1.82) is 0 Å². The molecule has 11 heteroatoms. The van der Waals surface area contributed by atoms with Gasteiger partial charge in [0.1, 0.15) is 36.6 Å². The largest absolute Gasteiger partial charge is 0.394 e. The maximum Gasteiger partial charge on any atom is 0.249 e. The Morgan fingerprint density at radius 3 is 1.14 bits per heavy atom. The van der Waals surface area contributed by atoms with E-state index >= 15 is 0 Å². The van der Waals surface area contributed by atoms with Gasteiger partial charge in [-0.25, -0.2) is 0 Å². The highest BCUT2D eigenvalue weighted by atomic mass is 16.7. The summed E-state index contributed by atoms with van der Waals surface area (Å²) in [6.07, 6.45) is 58.3. The Morgan fingerprint density at radius 2 is 0.769 bits per heavy atom. The highest BCUT2D eigenvalue weighted by Gasteiger charge is 2.44. The predicted molar refractivity (Wildman–Crippen MR) is 326 cm³/mol. The molecule has 0 aromatic rings. The minimum Gasteiger partial charge on any atom is -0.394 e. The Bertz CT molecular complexity index is 1320. The molecule has 0 aromatic heterocycles. The van der Waals surface area contributed by atoms with Gasteiger partial charge in [0.25, 0.3) is 0 Å². The first-order valence-corrected chi connectivity index (χ1v) is 33.7. The van der Waals surface area contributed by atoms with E-state index in [1.807, 2.05) is 0 Å². The van der Waals surface area contributed by atoms with Crippen LogP contribution in [0.3, 0.4) is 0 Å². The van der Waals surface area contributed by atoms with E-state index in [9.17, 15) is 40.5 Å². The third kappa shape index (κ3) is 43.3. The fourth-order valence-corrected chi connectivity index (χ4v) is 11.1. The van der Waals surface area contributed by atoms with Gasteiger partial charge in [-0.15, -0.1) is 0 Å². The zero-order chi connectivity index (χ0) is 56.8. The van der Waals surface area contributed by atoms with E-state index in [0.717, 1.165) is 38.5 Å². The number of amides is 1. The molecular formula is C67H129NO10. The first kappa shape index (κ1) is 74.6. The maximum atomic E-state index is 13.2. The van der Waals surface area contributed by atoms with Gasteiger partial charge in [-0.2, -0.15) is 0 Å². The van der Waals surface area contributed by atoms with E-state index in [-0.39, 0.29) is 12.8 Å². The predicted octanol–water partition coefficient (Wildman–Crippen LogP) is 15.6. The van der Waals surface area contributed by atoms with Gasteiger partial charge in [-0.3, -0.25) is 4.79 Å². The molecule has 0 aliphatic carbocycles. The van der Waals surface area contributed by atoms with Crippen molar-refractivity contribution in [3.8, 4) is 0 Å². The van der Waals surface area contributed by atoms with E-state index in [0.29, 0.717) is 19.3 Å². The van der Waals surface area contributed by atoms with Crippen molar-refractivity contribution in [1.82, 2.24) is 5.32 Å². The normalized spacial score (nSPS) is 19.5. The Morgan fingerprint density at radius 1 is 0.436 bits per heavy atom. The first-order chi connectivity index (χ1) is 38.2. The van der Waals surface area contributed by atoms with Crippen LogP contribution in [0.25, 0.3) is 0 Å². The number of aliphatic hydroxyl groups is 7. The van der Waals surface area contributed by atoms with Gasteiger partial charge >= 0.3 is 0 Å². The molecule has 1 amide bonds. The molecule has 9 atom stereocenters. The van der Waals surface area contributed by atoms with Crippen molar-refractivity contribution in [3.63, 3.8) is 0 Å². The van der Waals surface area contributed by atoms with E-state index in [1.165, 1.54) is 244 Å². The van der Waals surface area contributed by atoms with Gasteiger partial charge in [0.2, 0.25) is 5.91 Å². The average molecular weight is 1110 g/mol. The molecule has 1 aliphatic heterocycles. The zero-order valence-corrected chi connectivity index (χ0v) is 50.9.